The molecule has 100 valence electrons. The number of benzene rings is 2. The third kappa shape index (κ3) is 2.79. The summed E-state index contributed by atoms with van der Waals surface area (Å²) in [5.74, 6) is -1.67. The zero-order valence-corrected chi connectivity index (χ0v) is 12.2. The molecule has 0 saturated heterocycles. The Balaban J connectivity index is 2.53. The summed E-state index contributed by atoms with van der Waals surface area (Å²) >= 11 is 9.20. The van der Waals surface area contributed by atoms with E-state index in [1.54, 1.807) is 6.07 Å². The molecular formula is C14H9BrClF3. The summed E-state index contributed by atoms with van der Waals surface area (Å²) in [6.07, 6.45) is 0. The van der Waals surface area contributed by atoms with Gasteiger partial charge in [0, 0.05) is 5.56 Å². The second kappa shape index (κ2) is 5.55. The molecule has 0 aliphatic rings. The first-order valence-electron chi connectivity index (χ1n) is 5.45. The molecule has 0 aromatic heterocycles. The number of alkyl halides is 1. The van der Waals surface area contributed by atoms with Crippen molar-refractivity contribution in [1.82, 2.24) is 0 Å². The van der Waals surface area contributed by atoms with Gasteiger partial charge in [-0.15, -0.1) is 11.6 Å². The highest BCUT2D eigenvalue weighted by Crippen LogP contribution is 2.36. The molecule has 0 aliphatic heterocycles. The summed E-state index contributed by atoms with van der Waals surface area (Å²) < 4.78 is 40.9. The fourth-order valence-electron chi connectivity index (χ4n) is 1.74. The Hall–Kier alpha value is -1.00. The predicted molar refractivity (Wildman–Crippen MR) is 72.9 cm³/mol. The molecule has 0 bridgehead atoms. The van der Waals surface area contributed by atoms with E-state index in [2.05, 4.69) is 15.9 Å². The number of aryl methyl sites for hydroxylation is 1. The fraction of sp³-hybridized carbons (Fsp3) is 0.143. The van der Waals surface area contributed by atoms with Crippen molar-refractivity contribution in [2.75, 3.05) is 0 Å². The van der Waals surface area contributed by atoms with Gasteiger partial charge in [0.2, 0.25) is 0 Å². The zero-order valence-electron chi connectivity index (χ0n) is 9.85. The molecule has 2 aromatic carbocycles. The Morgan fingerprint density at radius 3 is 2.37 bits per heavy atom. The molecule has 0 heterocycles. The Morgan fingerprint density at radius 1 is 1.00 bits per heavy atom. The van der Waals surface area contributed by atoms with E-state index >= 15 is 0 Å². The highest BCUT2D eigenvalue weighted by Gasteiger charge is 2.20. The van der Waals surface area contributed by atoms with Crippen LogP contribution in [-0.4, -0.2) is 0 Å². The maximum atomic E-state index is 13.8. The Kier molecular flexibility index (Phi) is 4.21. The van der Waals surface area contributed by atoms with Gasteiger partial charge in [0.1, 0.15) is 17.5 Å². The summed E-state index contributed by atoms with van der Waals surface area (Å²) in [6, 6.07) is 6.39. The number of rotatable bonds is 2. The van der Waals surface area contributed by atoms with Crippen molar-refractivity contribution in [2.24, 2.45) is 0 Å². The summed E-state index contributed by atoms with van der Waals surface area (Å²) in [7, 11) is 0. The van der Waals surface area contributed by atoms with Crippen LogP contribution in [-0.2, 0) is 0 Å². The first-order valence-corrected chi connectivity index (χ1v) is 6.68. The molecule has 1 unspecified atom stereocenters. The van der Waals surface area contributed by atoms with Gasteiger partial charge >= 0.3 is 0 Å². The van der Waals surface area contributed by atoms with Crippen molar-refractivity contribution in [3.05, 3.63) is 68.9 Å². The van der Waals surface area contributed by atoms with Crippen molar-refractivity contribution in [3.8, 4) is 0 Å². The standard InChI is InChI=1S/C14H9BrClF3/c1-7-5-12(19)9(6-11(7)18)14(16)8-3-2-4-10(17)13(8)15/h2-6,14H,1H3. The lowest BCUT2D eigenvalue weighted by Gasteiger charge is -2.14. The average Bonchev–Trinajstić information content (AvgIpc) is 2.36. The summed E-state index contributed by atoms with van der Waals surface area (Å²) in [5, 5.41) is -0.972. The van der Waals surface area contributed by atoms with Crippen molar-refractivity contribution in [1.29, 1.82) is 0 Å². The number of hydrogen-bond acceptors (Lipinski definition) is 0. The minimum absolute atomic E-state index is 0.0175. The second-order valence-electron chi connectivity index (χ2n) is 4.13. The topological polar surface area (TPSA) is 0 Å². The van der Waals surface area contributed by atoms with E-state index in [0.29, 0.717) is 5.56 Å². The van der Waals surface area contributed by atoms with Gasteiger partial charge < -0.3 is 0 Å². The van der Waals surface area contributed by atoms with Crippen LogP contribution in [0.3, 0.4) is 0 Å². The maximum Gasteiger partial charge on any atom is 0.137 e. The molecule has 19 heavy (non-hydrogen) atoms. The van der Waals surface area contributed by atoms with Gasteiger partial charge in [-0.25, -0.2) is 13.2 Å². The molecular weight excluding hydrogens is 341 g/mol. The van der Waals surface area contributed by atoms with Gasteiger partial charge in [0.15, 0.2) is 0 Å². The zero-order chi connectivity index (χ0) is 14.2. The van der Waals surface area contributed by atoms with Gasteiger partial charge in [-0.1, -0.05) is 12.1 Å². The monoisotopic (exact) mass is 348 g/mol. The normalized spacial score (nSPS) is 12.5. The lowest BCUT2D eigenvalue weighted by molar-refractivity contribution is 0.579. The molecule has 0 radical (unpaired) electrons. The molecule has 0 amide bonds. The van der Waals surface area contributed by atoms with Crippen LogP contribution in [0.25, 0.3) is 0 Å². The lowest BCUT2D eigenvalue weighted by Crippen LogP contribution is -2.01. The molecule has 2 aromatic rings. The van der Waals surface area contributed by atoms with Gasteiger partial charge in [0.25, 0.3) is 0 Å². The van der Waals surface area contributed by atoms with Crippen LogP contribution in [0.15, 0.2) is 34.8 Å². The van der Waals surface area contributed by atoms with Gasteiger partial charge in [-0.05, 0) is 52.2 Å². The fourth-order valence-corrected chi connectivity index (χ4v) is 2.71. The summed E-state index contributed by atoms with van der Waals surface area (Å²) in [4.78, 5) is 0. The van der Waals surface area contributed by atoms with E-state index in [-0.39, 0.29) is 15.6 Å². The van der Waals surface area contributed by atoms with Crippen LogP contribution in [0.5, 0.6) is 0 Å². The third-order valence-electron chi connectivity index (χ3n) is 2.81. The molecule has 0 spiro atoms. The van der Waals surface area contributed by atoms with Gasteiger partial charge in [-0.2, -0.15) is 0 Å². The van der Waals surface area contributed by atoms with Crippen molar-refractivity contribution in [3.63, 3.8) is 0 Å². The summed E-state index contributed by atoms with van der Waals surface area (Å²) in [6.45, 7) is 1.46. The number of hydrogen-bond donors (Lipinski definition) is 0. The predicted octanol–water partition coefficient (Wildman–Crippen LogP) is 5.50. The SMILES string of the molecule is Cc1cc(F)c(C(Cl)c2cccc(F)c2Br)cc1F. The van der Waals surface area contributed by atoms with E-state index in [4.69, 9.17) is 11.6 Å². The van der Waals surface area contributed by atoms with E-state index in [1.807, 2.05) is 0 Å². The summed E-state index contributed by atoms with van der Waals surface area (Å²) in [5.41, 5.74) is 0.531. The van der Waals surface area contributed by atoms with Crippen LogP contribution >= 0.6 is 27.5 Å². The largest absolute Gasteiger partial charge is 0.207 e. The highest BCUT2D eigenvalue weighted by atomic mass is 79.9. The van der Waals surface area contributed by atoms with Gasteiger partial charge in [-0.3, -0.25) is 0 Å². The third-order valence-corrected chi connectivity index (χ3v) is 4.11. The van der Waals surface area contributed by atoms with E-state index in [1.165, 1.54) is 19.1 Å². The van der Waals surface area contributed by atoms with Gasteiger partial charge in [0.05, 0.1) is 9.85 Å². The molecule has 0 saturated carbocycles. The molecule has 5 heteroatoms. The lowest BCUT2D eigenvalue weighted by atomic mass is 10.0. The average molecular weight is 350 g/mol. The molecule has 0 fully saturated rings. The quantitative estimate of drug-likeness (QED) is 0.628. The van der Waals surface area contributed by atoms with E-state index in [0.717, 1.165) is 12.1 Å². The first-order chi connectivity index (χ1) is 8.91. The van der Waals surface area contributed by atoms with E-state index < -0.39 is 22.8 Å². The van der Waals surface area contributed by atoms with Crippen LogP contribution in [0.4, 0.5) is 13.2 Å². The molecule has 0 aliphatic carbocycles. The molecule has 0 N–H and O–H groups in total. The Bertz CT molecular complexity index is 628. The highest BCUT2D eigenvalue weighted by molar-refractivity contribution is 9.10. The van der Waals surface area contributed by atoms with E-state index in [9.17, 15) is 13.2 Å². The second-order valence-corrected chi connectivity index (χ2v) is 5.36. The first kappa shape index (κ1) is 14.4. The molecule has 1 atom stereocenters. The van der Waals surface area contributed by atoms with Crippen molar-refractivity contribution >= 4 is 27.5 Å². The maximum absolute atomic E-state index is 13.8. The smallest absolute Gasteiger partial charge is 0.137 e. The van der Waals surface area contributed by atoms with Crippen LogP contribution in [0.2, 0.25) is 0 Å². The minimum atomic E-state index is -0.972. The Labute approximate surface area is 122 Å². The molecule has 2 rings (SSSR count). The van der Waals surface area contributed by atoms with Crippen LogP contribution in [0.1, 0.15) is 22.1 Å². The van der Waals surface area contributed by atoms with Crippen LogP contribution < -0.4 is 0 Å². The van der Waals surface area contributed by atoms with Crippen molar-refractivity contribution < 1.29 is 13.2 Å². The number of halogens is 5. The Morgan fingerprint density at radius 2 is 1.68 bits per heavy atom. The van der Waals surface area contributed by atoms with Crippen LogP contribution in [0, 0.1) is 24.4 Å². The molecule has 0 nitrogen and oxygen atoms in total. The van der Waals surface area contributed by atoms with Crippen molar-refractivity contribution in [2.45, 2.75) is 12.3 Å². The minimum Gasteiger partial charge on any atom is -0.207 e.